The van der Waals surface area contributed by atoms with Crippen LogP contribution in [0.25, 0.3) is 0 Å². The average Bonchev–Trinajstić information content (AvgIpc) is 2.43. The summed E-state index contributed by atoms with van der Waals surface area (Å²) in [5, 5.41) is 3.93. The van der Waals surface area contributed by atoms with Gasteiger partial charge in [-0.1, -0.05) is 58.0 Å². The fourth-order valence-corrected chi connectivity index (χ4v) is 1.48. The van der Waals surface area contributed by atoms with E-state index in [1.54, 1.807) is 6.08 Å². The second-order valence-corrected chi connectivity index (χ2v) is 4.67. The molecule has 0 spiro atoms. The summed E-state index contributed by atoms with van der Waals surface area (Å²) in [6.45, 7) is 17.7. The molecule has 0 fully saturated rings. The van der Waals surface area contributed by atoms with E-state index in [0.29, 0.717) is 11.0 Å². The number of nitrogens with two attached hydrogens (primary N) is 1. The number of allylic oxidation sites excluding steroid dienone is 6. The van der Waals surface area contributed by atoms with Crippen molar-refractivity contribution in [2.45, 2.75) is 48.5 Å². The lowest BCUT2D eigenvalue weighted by Gasteiger charge is -2.17. The second-order valence-electron chi connectivity index (χ2n) is 4.26. The third-order valence-electron chi connectivity index (χ3n) is 2.56. The van der Waals surface area contributed by atoms with Crippen molar-refractivity contribution in [3.63, 3.8) is 0 Å². The van der Waals surface area contributed by atoms with Gasteiger partial charge < -0.3 is 11.1 Å². The summed E-state index contributed by atoms with van der Waals surface area (Å²) >= 11 is 6.16. The Kier molecular flexibility index (Phi) is 11.4. The van der Waals surface area contributed by atoms with Crippen LogP contribution in [0, 0.1) is 5.92 Å². The Balaban J connectivity index is 0. The molecule has 0 saturated carbocycles. The minimum Gasteiger partial charge on any atom is -0.400 e. The summed E-state index contributed by atoms with van der Waals surface area (Å²) in [6, 6.07) is 0. The van der Waals surface area contributed by atoms with Crippen molar-refractivity contribution in [1.29, 1.82) is 0 Å². The van der Waals surface area contributed by atoms with Crippen LogP contribution in [-0.4, -0.2) is 0 Å². The van der Waals surface area contributed by atoms with Gasteiger partial charge >= 0.3 is 0 Å². The van der Waals surface area contributed by atoms with Crippen LogP contribution < -0.4 is 11.1 Å². The van der Waals surface area contributed by atoms with Crippen molar-refractivity contribution < 1.29 is 0 Å². The van der Waals surface area contributed by atoms with Crippen LogP contribution in [0.15, 0.2) is 46.4 Å². The molecule has 0 radical (unpaired) electrons. The SMILES string of the molecule is C=C/C(C)=C(N/C(C)=C(\N)C(C)C)\C(Cl)=C/C.CC. The molecular weight excluding hydrogens is 256 g/mol. The monoisotopic (exact) mass is 284 g/mol. The van der Waals surface area contributed by atoms with Crippen molar-refractivity contribution >= 4 is 11.6 Å². The number of hydrogen-bond donors (Lipinski definition) is 2. The Morgan fingerprint density at radius 3 is 2.05 bits per heavy atom. The van der Waals surface area contributed by atoms with Crippen LogP contribution in [0.3, 0.4) is 0 Å². The van der Waals surface area contributed by atoms with E-state index in [1.807, 2.05) is 40.7 Å². The third kappa shape index (κ3) is 7.12. The van der Waals surface area contributed by atoms with Gasteiger partial charge in [-0.25, -0.2) is 0 Å². The van der Waals surface area contributed by atoms with Gasteiger partial charge in [-0.05, 0) is 32.3 Å². The second kappa shape index (κ2) is 10.7. The summed E-state index contributed by atoms with van der Waals surface area (Å²) in [4.78, 5) is 0. The molecular formula is C16H29ClN2. The highest BCUT2D eigenvalue weighted by molar-refractivity contribution is 6.32. The first-order valence-corrected chi connectivity index (χ1v) is 7.11. The van der Waals surface area contributed by atoms with Crippen LogP contribution in [-0.2, 0) is 0 Å². The molecule has 0 aliphatic heterocycles. The lowest BCUT2D eigenvalue weighted by Crippen LogP contribution is -2.20. The van der Waals surface area contributed by atoms with Crippen molar-refractivity contribution in [3.8, 4) is 0 Å². The summed E-state index contributed by atoms with van der Waals surface area (Å²) in [5.41, 5.74) is 9.60. The zero-order valence-corrected chi connectivity index (χ0v) is 14.2. The van der Waals surface area contributed by atoms with Crippen molar-refractivity contribution in [3.05, 3.63) is 46.4 Å². The molecule has 0 aliphatic carbocycles. The maximum atomic E-state index is 6.16. The first-order chi connectivity index (χ1) is 8.84. The molecule has 0 saturated heterocycles. The zero-order valence-electron chi connectivity index (χ0n) is 13.4. The molecule has 0 atom stereocenters. The predicted molar refractivity (Wildman–Crippen MR) is 88.7 cm³/mol. The van der Waals surface area contributed by atoms with E-state index in [1.165, 1.54) is 0 Å². The van der Waals surface area contributed by atoms with Gasteiger partial charge in [0.1, 0.15) is 0 Å². The molecule has 0 amide bonds. The normalized spacial score (nSPS) is 14.1. The molecule has 0 aromatic heterocycles. The van der Waals surface area contributed by atoms with Crippen molar-refractivity contribution in [2.24, 2.45) is 11.7 Å². The Labute approximate surface area is 124 Å². The minimum absolute atomic E-state index is 0.303. The van der Waals surface area contributed by atoms with Crippen LogP contribution >= 0.6 is 11.6 Å². The summed E-state index contributed by atoms with van der Waals surface area (Å²) in [6.07, 6.45) is 3.61. The van der Waals surface area contributed by atoms with Crippen LogP contribution in [0.4, 0.5) is 0 Å². The Morgan fingerprint density at radius 2 is 1.74 bits per heavy atom. The lowest BCUT2D eigenvalue weighted by molar-refractivity contribution is 0.727. The summed E-state index contributed by atoms with van der Waals surface area (Å²) in [7, 11) is 0. The van der Waals surface area contributed by atoms with E-state index in [4.69, 9.17) is 17.3 Å². The minimum atomic E-state index is 0.303. The molecule has 0 aromatic carbocycles. The van der Waals surface area contributed by atoms with Gasteiger partial charge in [0.05, 0.1) is 10.7 Å². The molecule has 0 aliphatic rings. The maximum absolute atomic E-state index is 6.16. The molecule has 3 heteroatoms. The topological polar surface area (TPSA) is 38.0 Å². The standard InChI is InChI=1S/C14H23ClN2.C2H6/c1-7-10(5)14(12(15)8-2)17-11(6)13(16)9(3)4;1-2/h7-9,17H,1,16H2,2-6H3;1-2H3/b12-8+,13-11-,14-10+;. The summed E-state index contributed by atoms with van der Waals surface area (Å²) in [5.74, 6) is 0.303. The molecule has 19 heavy (non-hydrogen) atoms. The number of hydrogen-bond acceptors (Lipinski definition) is 2. The van der Waals surface area contributed by atoms with Gasteiger partial charge in [-0.3, -0.25) is 0 Å². The largest absolute Gasteiger partial charge is 0.400 e. The van der Waals surface area contributed by atoms with Gasteiger partial charge in [0, 0.05) is 11.4 Å². The molecule has 0 heterocycles. The predicted octanol–water partition coefficient (Wildman–Crippen LogP) is 5.05. The molecule has 110 valence electrons. The molecule has 0 unspecified atom stereocenters. The highest BCUT2D eigenvalue weighted by Crippen LogP contribution is 2.19. The number of halogens is 1. The zero-order chi connectivity index (χ0) is 15.6. The Bertz CT molecular complexity index is 374. The molecule has 3 N–H and O–H groups in total. The van der Waals surface area contributed by atoms with Crippen LogP contribution in [0.1, 0.15) is 48.5 Å². The fraction of sp³-hybridized carbons (Fsp3) is 0.500. The van der Waals surface area contributed by atoms with E-state index < -0.39 is 0 Å². The van der Waals surface area contributed by atoms with Gasteiger partial charge in [-0.15, -0.1) is 0 Å². The third-order valence-corrected chi connectivity index (χ3v) is 2.97. The molecule has 0 rings (SSSR count). The van der Waals surface area contributed by atoms with E-state index >= 15 is 0 Å². The van der Waals surface area contributed by atoms with Gasteiger partial charge in [0.15, 0.2) is 0 Å². The Hall–Kier alpha value is -1.15. The first-order valence-electron chi connectivity index (χ1n) is 6.73. The quantitative estimate of drug-likeness (QED) is 0.693. The van der Waals surface area contributed by atoms with Crippen molar-refractivity contribution in [2.75, 3.05) is 0 Å². The van der Waals surface area contributed by atoms with E-state index in [2.05, 4.69) is 25.7 Å². The molecule has 0 aromatic rings. The van der Waals surface area contributed by atoms with Crippen molar-refractivity contribution in [1.82, 2.24) is 5.32 Å². The van der Waals surface area contributed by atoms with Gasteiger partial charge in [0.25, 0.3) is 0 Å². The Morgan fingerprint density at radius 1 is 1.26 bits per heavy atom. The fourth-order valence-electron chi connectivity index (χ4n) is 1.29. The number of nitrogens with one attached hydrogen (secondary N) is 1. The summed E-state index contributed by atoms with van der Waals surface area (Å²) < 4.78 is 0. The van der Waals surface area contributed by atoms with Gasteiger partial charge in [0.2, 0.25) is 0 Å². The maximum Gasteiger partial charge on any atom is 0.0601 e. The highest BCUT2D eigenvalue weighted by atomic mass is 35.5. The number of rotatable bonds is 5. The average molecular weight is 285 g/mol. The first kappa shape index (κ1) is 20.2. The van der Waals surface area contributed by atoms with E-state index in [0.717, 1.165) is 22.7 Å². The smallest absolute Gasteiger partial charge is 0.0601 e. The lowest BCUT2D eigenvalue weighted by atomic mass is 10.1. The van der Waals surface area contributed by atoms with E-state index in [-0.39, 0.29) is 0 Å². The van der Waals surface area contributed by atoms with Crippen LogP contribution in [0.5, 0.6) is 0 Å². The highest BCUT2D eigenvalue weighted by Gasteiger charge is 2.08. The van der Waals surface area contributed by atoms with E-state index in [9.17, 15) is 0 Å². The van der Waals surface area contributed by atoms with Gasteiger partial charge in [-0.2, -0.15) is 0 Å². The van der Waals surface area contributed by atoms with Crippen LogP contribution in [0.2, 0.25) is 0 Å². The molecule has 2 nitrogen and oxygen atoms in total. The molecule has 0 bridgehead atoms.